The van der Waals surface area contributed by atoms with Gasteiger partial charge in [0.1, 0.15) is 0 Å². The van der Waals surface area contributed by atoms with Crippen LogP contribution >= 0.6 is 0 Å². The number of rotatable bonds is 5. The number of amides is 2. The number of ether oxygens (including phenoxy) is 1. The lowest BCUT2D eigenvalue weighted by Gasteiger charge is -2.06. The Labute approximate surface area is 107 Å². The van der Waals surface area contributed by atoms with Gasteiger partial charge in [0.25, 0.3) is 0 Å². The third-order valence-corrected chi connectivity index (χ3v) is 2.33. The fourth-order valence-corrected chi connectivity index (χ4v) is 1.32. The first-order valence-corrected chi connectivity index (χ1v) is 5.78. The molecule has 98 valence electrons. The molecule has 0 aromatic heterocycles. The molecule has 0 aliphatic carbocycles. The second kappa shape index (κ2) is 7.45. The Balaban J connectivity index is 2.35. The van der Waals surface area contributed by atoms with E-state index in [4.69, 9.17) is 4.74 Å². The summed E-state index contributed by atoms with van der Waals surface area (Å²) in [6, 6.07) is 7.25. The van der Waals surface area contributed by atoms with Crippen LogP contribution < -0.4 is 10.6 Å². The topological polar surface area (TPSA) is 67.4 Å². The first-order chi connectivity index (χ1) is 8.63. The highest BCUT2D eigenvalue weighted by atomic mass is 16.5. The molecule has 5 heteroatoms. The third-order valence-electron chi connectivity index (χ3n) is 2.33. The van der Waals surface area contributed by atoms with Crippen LogP contribution in [0.1, 0.15) is 12.0 Å². The number of hydrogen-bond acceptors (Lipinski definition) is 3. The van der Waals surface area contributed by atoms with Gasteiger partial charge in [0.2, 0.25) is 0 Å². The molecule has 0 bridgehead atoms. The fraction of sp³-hybridized carbons (Fsp3) is 0.385. The summed E-state index contributed by atoms with van der Waals surface area (Å²) in [6.45, 7) is 2.93. The van der Waals surface area contributed by atoms with Crippen molar-refractivity contribution in [1.82, 2.24) is 5.32 Å². The van der Waals surface area contributed by atoms with Crippen LogP contribution in [0.4, 0.5) is 5.69 Å². The SMILES string of the molecule is COCCCNC(=O)C(=O)Nc1ccc(C)cc1. The molecule has 0 saturated carbocycles. The molecular formula is C13H18N2O3. The monoisotopic (exact) mass is 250 g/mol. The van der Waals surface area contributed by atoms with Crippen molar-refractivity contribution in [2.24, 2.45) is 0 Å². The molecule has 0 saturated heterocycles. The van der Waals surface area contributed by atoms with E-state index in [9.17, 15) is 9.59 Å². The van der Waals surface area contributed by atoms with E-state index in [2.05, 4.69) is 10.6 Å². The maximum atomic E-state index is 11.5. The highest BCUT2D eigenvalue weighted by molar-refractivity contribution is 6.39. The molecule has 0 fully saturated rings. The van der Waals surface area contributed by atoms with Gasteiger partial charge in [-0.25, -0.2) is 0 Å². The molecule has 0 unspecified atom stereocenters. The Hall–Kier alpha value is -1.88. The van der Waals surface area contributed by atoms with Gasteiger partial charge >= 0.3 is 11.8 Å². The Morgan fingerprint density at radius 3 is 2.44 bits per heavy atom. The fourth-order valence-electron chi connectivity index (χ4n) is 1.32. The van der Waals surface area contributed by atoms with Crippen LogP contribution in [0, 0.1) is 6.92 Å². The minimum atomic E-state index is -0.656. The predicted octanol–water partition coefficient (Wildman–Crippen LogP) is 1.09. The van der Waals surface area contributed by atoms with Crippen molar-refractivity contribution < 1.29 is 14.3 Å². The number of carbonyl (C=O) groups is 2. The lowest BCUT2D eigenvalue weighted by atomic mass is 10.2. The number of methoxy groups -OCH3 is 1. The number of carbonyl (C=O) groups excluding carboxylic acids is 2. The summed E-state index contributed by atoms with van der Waals surface area (Å²) in [5.74, 6) is -1.29. The first kappa shape index (κ1) is 14.2. The van der Waals surface area contributed by atoms with Crippen molar-refractivity contribution in [3.63, 3.8) is 0 Å². The summed E-state index contributed by atoms with van der Waals surface area (Å²) in [5, 5.41) is 5.05. The highest BCUT2D eigenvalue weighted by Crippen LogP contribution is 2.07. The Morgan fingerprint density at radius 1 is 1.17 bits per heavy atom. The van der Waals surface area contributed by atoms with E-state index in [0.29, 0.717) is 25.3 Å². The van der Waals surface area contributed by atoms with Crippen LogP contribution in [-0.2, 0) is 14.3 Å². The quantitative estimate of drug-likeness (QED) is 0.607. The molecule has 18 heavy (non-hydrogen) atoms. The van der Waals surface area contributed by atoms with Gasteiger partial charge in [0.15, 0.2) is 0 Å². The Morgan fingerprint density at radius 2 is 1.83 bits per heavy atom. The summed E-state index contributed by atoms with van der Waals surface area (Å²) in [4.78, 5) is 22.9. The molecule has 0 spiro atoms. The van der Waals surface area contributed by atoms with Gasteiger partial charge in [0.05, 0.1) is 0 Å². The lowest BCUT2D eigenvalue weighted by Crippen LogP contribution is -2.36. The second-order valence-corrected chi connectivity index (χ2v) is 3.92. The molecule has 1 aromatic rings. The Bertz CT molecular complexity index is 401. The van der Waals surface area contributed by atoms with Crippen LogP contribution in [0.15, 0.2) is 24.3 Å². The standard InChI is InChI=1S/C13H18N2O3/c1-10-4-6-11(7-5-10)15-13(17)12(16)14-8-3-9-18-2/h4-7H,3,8-9H2,1-2H3,(H,14,16)(H,15,17). The summed E-state index contributed by atoms with van der Waals surface area (Å²) in [6.07, 6.45) is 0.681. The van der Waals surface area contributed by atoms with Gasteiger partial charge in [-0.15, -0.1) is 0 Å². The Kier molecular flexibility index (Phi) is 5.87. The normalized spacial score (nSPS) is 9.89. The molecule has 0 radical (unpaired) electrons. The van der Waals surface area contributed by atoms with Crippen molar-refractivity contribution in [2.45, 2.75) is 13.3 Å². The average Bonchev–Trinajstić information content (AvgIpc) is 2.37. The zero-order valence-corrected chi connectivity index (χ0v) is 10.7. The number of hydrogen-bond donors (Lipinski definition) is 2. The maximum Gasteiger partial charge on any atom is 0.313 e. The van der Waals surface area contributed by atoms with Gasteiger partial charge in [-0.3, -0.25) is 9.59 Å². The molecule has 2 N–H and O–H groups in total. The molecule has 0 atom stereocenters. The van der Waals surface area contributed by atoms with E-state index in [1.165, 1.54) is 0 Å². The molecule has 1 rings (SSSR count). The smallest absolute Gasteiger partial charge is 0.313 e. The molecule has 0 aliphatic rings. The molecule has 5 nitrogen and oxygen atoms in total. The highest BCUT2D eigenvalue weighted by Gasteiger charge is 2.12. The van der Waals surface area contributed by atoms with Gasteiger partial charge in [-0.05, 0) is 25.5 Å². The van der Waals surface area contributed by atoms with E-state index in [0.717, 1.165) is 5.56 Å². The number of benzene rings is 1. The lowest BCUT2D eigenvalue weighted by molar-refractivity contribution is -0.136. The van der Waals surface area contributed by atoms with Gasteiger partial charge in [-0.1, -0.05) is 17.7 Å². The van der Waals surface area contributed by atoms with Gasteiger partial charge < -0.3 is 15.4 Å². The average molecular weight is 250 g/mol. The van der Waals surface area contributed by atoms with Crippen LogP contribution in [0.2, 0.25) is 0 Å². The predicted molar refractivity (Wildman–Crippen MR) is 69.3 cm³/mol. The van der Waals surface area contributed by atoms with E-state index in [-0.39, 0.29) is 0 Å². The zero-order chi connectivity index (χ0) is 13.4. The van der Waals surface area contributed by atoms with Crippen LogP contribution in [0.5, 0.6) is 0 Å². The third kappa shape index (κ3) is 4.97. The first-order valence-electron chi connectivity index (χ1n) is 5.78. The second-order valence-electron chi connectivity index (χ2n) is 3.92. The van der Waals surface area contributed by atoms with E-state index in [1.54, 1.807) is 19.2 Å². The molecule has 0 aliphatic heterocycles. The number of anilines is 1. The van der Waals surface area contributed by atoms with Crippen molar-refractivity contribution in [3.05, 3.63) is 29.8 Å². The van der Waals surface area contributed by atoms with Crippen molar-refractivity contribution >= 4 is 17.5 Å². The van der Waals surface area contributed by atoms with E-state index < -0.39 is 11.8 Å². The minimum Gasteiger partial charge on any atom is -0.385 e. The molecular weight excluding hydrogens is 232 g/mol. The molecule has 2 amide bonds. The number of nitrogens with one attached hydrogen (secondary N) is 2. The summed E-state index contributed by atoms with van der Waals surface area (Å²) < 4.78 is 4.84. The van der Waals surface area contributed by atoms with Crippen LogP contribution in [0.3, 0.4) is 0 Å². The van der Waals surface area contributed by atoms with E-state index >= 15 is 0 Å². The minimum absolute atomic E-state index is 0.425. The molecule has 0 heterocycles. The van der Waals surface area contributed by atoms with Gasteiger partial charge in [-0.2, -0.15) is 0 Å². The maximum absolute atomic E-state index is 11.5. The largest absolute Gasteiger partial charge is 0.385 e. The summed E-state index contributed by atoms with van der Waals surface area (Å²) >= 11 is 0. The molecule has 1 aromatic carbocycles. The van der Waals surface area contributed by atoms with Crippen molar-refractivity contribution in [1.29, 1.82) is 0 Å². The van der Waals surface area contributed by atoms with Crippen LogP contribution in [-0.4, -0.2) is 32.1 Å². The zero-order valence-electron chi connectivity index (χ0n) is 10.7. The summed E-state index contributed by atoms with van der Waals surface area (Å²) in [5.41, 5.74) is 1.70. The van der Waals surface area contributed by atoms with Crippen molar-refractivity contribution in [2.75, 3.05) is 25.6 Å². The number of aryl methyl sites for hydroxylation is 1. The van der Waals surface area contributed by atoms with E-state index in [1.807, 2.05) is 19.1 Å². The van der Waals surface area contributed by atoms with Gasteiger partial charge in [0, 0.05) is 25.9 Å². The summed E-state index contributed by atoms with van der Waals surface area (Å²) in [7, 11) is 1.59. The van der Waals surface area contributed by atoms with Crippen molar-refractivity contribution in [3.8, 4) is 0 Å². The van der Waals surface area contributed by atoms with Crippen LogP contribution in [0.25, 0.3) is 0 Å².